The molecule has 0 saturated heterocycles. The summed E-state index contributed by atoms with van der Waals surface area (Å²) >= 11 is 7.84. The fraction of sp³-hybridized carbons (Fsp3) is 0.115. The highest BCUT2D eigenvalue weighted by molar-refractivity contribution is 7.98. The minimum Gasteiger partial charge on any atom is -0.345 e. The molecule has 0 radical (unpaired) electrons. The van der Waals surface area contributed by atoms with Crippen molar-refractivity contribution >= 4 is 41.0 Å². The van der Waals surface area contributed by atoms with E-state index in [1.807, 2.05) is 47.9 Å². The number of hydrogen-bond acceptors (Lipinski definition) is 6. The molecule has 182 valence electrons. The molecule has 0 aliphatic rings. The average Bonchev–Trinajstić information content (AvgIpc) is 3.29. The Kier molecular flexibility index (Phi) is 8.14. The summed E-state index contributed by atoms with van der Waals surface area (Å²) in [5.41, 5.74) is 3.66. The summed E-state index contributed by atoms with van der Waals surface area (Å²) < 4.78 is 1.91. The van der Waals surface area contributed by atoms with Gasteiger partial charge in [0.2, 0.25) is 5.91 Å². The third kappa shape index (κ3) is 6.38. The Bertz CT molecular complexity index is 1410. The maximum atomic E-state index is 12.5. The van der Waals surface area contributed by atoms with E-state index in [1.165, 1.54) is 18.2 Å². The number of aromatic nitrogens is 3. The first-order valence-electron chi connectivity index (χ1n) is 11.0. The number of nitro benzene ring substituents is 1. The fourth-order valence-corrected chi connectivity index (χ4v) is 4.49. The van der Waals surface area contributed by atoms with Crippen LogP contribution in [0.5, 0.6) is 0 Å². The number of nitrogens with zero attached hydrogens (tertiary/aromatic N) is 4. The number of aryl methyl sites for hydroxylation is 1. The average molecular weight is 520 g/mol. The number of thioether (sulfide) groups is 1. The number of nitrogens with one attached hydrogen (secondary N) is 1. The lowest BCUT2D eigenvalue weighted by Gasteiger charge is -2.13. The monoisotopic (exact) mass is 519 g/mol. The zero-order chi connectivity index (χ0) is 25.5. The van der Waals surface area contributed by atoms with Crippen LogP contribution >= 0.6 is 23.4 Å². The van der Waals surface area contributed by atoms with E-state index in [-0.39, 0.29) is 18.1 Å². The second kappa shape index (κ2) is 11.7. The highest BCUT2D eigenvalue weighted by Gasteiger charge is 2.17. The standard InChI is InChI=1S/C26H22ClN5O3S/c1-18-7-11-21(27)15-23(18)31-24(29-30-26(31)36-17-20-5-3-2-4-6-20)16-28-25(33)14-10-19-8-12-22(13-9-19)32(34)35/h2-15H,16-17H2,1H3,(H,28,33)/b14-10+. The summed E-state index contributed by atoms with van der Waals surface area (Å²) in [5, 5.41) is 23.6. The lowest BCUT2D eigenvalue weighted by molar-refractivity contribution is -0.384. The molecule has 1 N–H and O–H groups in total. The molecule has 0 spiro atoms. The van der Waals surface area contributed by atoms with Crippen molar-refractivity contribution < 1.29 is 9.72 Å². The largest absolute Gasteiger partial charge is 0.345 e. The Morgan fingerprint density at radius 1 is 1.11 bits per heavy atom. The fourth-order valence-electron chi connectivity index (χ4n) is 3.40. The summed E-state index contributed by atoms with van der Waals surface area (Å²) in [5.74, 6) is 0.945. The molecular formula is C26H22ClN5O3S. The number of non-ortho nitro benzene ring substituents is 1. The van der Waals surface area contributed by atoms with Crippen molar-refractivity contribution in [3.05, 3.63) is 117 Å². The predicted molar refractivity (Wildman–Crippen MR) is 141 cm³/mol. The molecule has 1 heterocycles. The lowest BCUT2D eigenvalue weighted by atomic mass is 10.2. The zero-order valence-corrected chi connectivity index (χ0v) is 20.9. The second-order valence-corrected chi connectivity index (χ2v) is 9.22. The van der Waals surface area contributed by atoms with Gasteiger partial charge in [-0.05, 0) is 54.0 Å². The Morgan fingerprint density at radius 2 is 1.86 bits per heavy atom. The molecule has 4 rings (SSSR count). The predicted octanol–water partition coefficient (Wildman–Crippen LogP) is 5.76. The van der Waals surface area contributed by atoms with Crippen molar-refractivity contribution in [2.75, 3.05) is 0 Å². The molecule has 10 heteroatoms. The Balaban J connectivity index is 1.51. The van der Waals surface area contributed by atoms with Crippen LogP contribution in [0.15, 0.2) is 84.0 Å². The van der Waals surface area contributed by atoms with Crippen LogP contribution in [0.1, 0.15) is 22.5 Å². The SMILES string of the molecule is Cc1ccc(Cl)cc1-n1c(CNC(=O)/C=C/c2ccc([N+](=O)[O-])cc2)nnc1SCc1ccccc1. The lowest BCUT2D eigenvalue weighted by Crippen LogP contribution is -2.22. The van der Waals surface area contributed by atoms with Gasteiger partial charge in [-0.2, -0.15) is 0 Å². The van der Waals surface area contributed by atoms with Crippen LogP contribution in [-0.2, 0) is 17.1 Å². The van der Waals surface area contributed by atoms with E-state index in [4.69, 9.17) is 11.6 Å². The van der Waals surface area contributed by atoms with Gasteiger partial charge in [-0.1, -0.05) is 59.8 Å². The van der Waals surface area contributed by atoms with Crippen LogP contribution in [0.4, 0.5) is 5.69 Å². The highest BCUT2D eigenvalue weighted by Crippen LogP contribution is 2.28. The Morgan fingerprint density at radius 3 is 2.58 bits per heavy atom. The summed E-state index contributed by atoms with van der Waals surface area (Å²) in [7, 11) is 0. The van der Waals surface area contributed by atoms with Gasteiger partial charge in [0.05, 0.1) is 17.2 Å². The number of carbonyl (C=O) groups excluding carboxylic acids is 1. The first-order chi connectivity index (χ1) is 17.4. The van der Waals surface area contributed by atoms with Gasteiger partial charge in [0, 0.05) is 29.0 Å². The maximum Gasteiger partial charge on any atom is 0.269 e. The van der Waals surface area contributed by atoms with Gasteiger partial charge in [0.25, 0.3) is 5.69 Å². The normalized spacial score (nSPS) is 11.1. The second-order valence-electron chi connectivity index (χ2n) is 7.84. The van der Waals surface area contributed by atoms with Gasteiger partial charge in [-0.3, -0.25) is 19.5 Å². The van der Waals surface area contributed by atoms with Gasteiger partial charge in [0.15, 0.2) is 11.0 Å². The van der Waals surface area contributed by atoms with E-state index in [0.29, 0.717) is 27.3 Å². The van der Waals surface area contributed by atoms with Crippen molar-refractivity contribution in [1.29, 1.82) is 0 Å². The summed E-state index contributed by atoms with van der Waals surface area (Å²) in [6.07, 6.45) is 2.96. The number of carbonyl (C=O) groups is 1. The molecule has 0 bridgehead atoms. The maximum absolute atomic E-state index is 12.5. The van der Waals surface area contributed by atoms with Gasteiger partial charge in [0.1, 0.15) is 0 Å². The Labute approximate surface area is 217 Å². The molecule has 0 aliphatic carbocycles. The van der Waals surface area contributed by atoms with E-state index in [0.717, 1.165) is 16.8 Å². The third-order valence-electron chi connectivity index (χ3n) is 5.28. The van der Waals surface area contributed by atoms with E-state index >= 15 is 0 Å². The molecule has 8 nitrogen and oxygen atoms in total. The molecule has 1 amide bonds. The summed E-state index contributed by atoms with van der Waals surface area (Å²) in [6, 6.07) is 21.6. The molecule has 1 aromatic heterocycles. The van der Waals surface area contributed by atoms with Crippen LogP contribution in [0.25, 0.3) is 11.8 Å². The highest BCUT2D eigenvalue weighted by atomic mass is 35.5. The van der Waals surface area contributed by atoms with Crippen molar-refractivity contribution in [3.63, 3.8) is 0 Å². The minimum absolute atomic E-state index is 0.00631. The summed E-state index contributed by atoms with van der Waals surface area (Å²) in [4.78, 5) is 22.8. The van der Waals surface area contributed by atoms with Crippen molar-refractivity contribution in [3.8, 4) is 5.69 Å². The molecule has 4 aromatic rings. The van der Waals surface area contributed by atoms with Gasteiger partial charge < -0.3 is 5.32 Å². The molecule has 0 aliphatic heterocycles. The zero-order valence-electron chi connectivity index (χ0n) is 19.3. The third-order valence-corrected chi connectivity index (χ3v) is 6.51. The Hall–Kier alpha value is -3.95. The van der Waals surface area contributed by atoms with E-state index in [2.05, 4.69) is 27.6 Å². The number of benzene rings is 3. The number of rotatable bonds is 9. The minimum atomic E-state index is -0.468. The molecule has 0 saturated carbocycles. The van der Waals surface area contributed by atoms with Crippen LogP contribution in [-0.4, -0.2) is 25.6 Å². The van der Waals surface area contributed by atoms with Gasteiger partial charge in [-0.25, -0.2) is 0 Å². The number of hydrogen-bond donors (Lipinski definition) is 1. The van der Waals surface area contributed by atoms with Crippen LogP contribution < -0.4 is 5.32 Å². The van der Waals surface area contributed by atoms with Crippen LogP contribution in [0.3, 0.4) is 0 Å². The van der Waals surface area contributed by atoms with Gasteiger partial charge >= 0.3 is 0 Å². The van der Waals surface area contributed by atoms with Crippen molar-refractivity contribution in [2.45, 2.75) is 24.4 Å². The van der Waals surface area contributed by atoms with E-state index < -0.39 is 4.92 Å². The molecular weight excluding hydrogens is 498 g/mol. The smallest absolute Gasteiger partial charge is 0.269 e. The quantitative estimate of drug-likeness (QED) is 0.130. The number of halogens is 1. The van der Waals surface area contributed by atoms with E-state index in [9.17, 15) is 14.9 Å². The number of nitro groups is 1. The molecule has 36 heavy (non-hydrogen) atoms. The van der Waals surface area contributed by atoms with Crippen LogP contribution in [0, 0.1) is 17.0 Å². The first kappa shape index (κ1) is 25.2. The topological polar surface area (TPSA) is 103 Å². The summed E-state index contributed by atoms with van der Waals surface area (Å²) in [6.45, 7) is 2.13. The van der Waals surface area contributed by atoms with Crippen LogP contribution in [0.2, 0.25) is 5.02 Å². The van der Waals surface area contributed by atoms with Gasteiger partial charge in [-0.15, -0.1) is 10.2 Å². The number of amides is 1. The molecule has 0 atom stereocenters. The van der Waals surface area contributed by atoms with Crippen molar-refractivity contribution in [1.82, 2.24) is 20.1 Å². The molecule has 3 aromatic carbocycles. The molecule has 0 unspecified atom stereocenters. The first-order valence-corrected chi connectivity index (χ1v) is 12.3. The van der Waals surface area contributed by atoms with E-state index in [1.54, 1.807) is 30.0 Å². The molecule has 0 fully saturated rings. The van der Waals surface area contributed by atoms with Crippen molar-refractivity contribution in [2.24, 2.45) is 0 Å².